The number of anilines is 1. The Hall–Kier alpha value is -3.39. The summed E-state index contributed by atoms with van der Waals surface area (Å²) in [5.74, 6) is -2.94. The van der Waals surface area contributed by atoms with Gasteiger partial charge in [-0.25, -0.2) is 9.78 Å². The van der Waals surface area contributed by atoms with Gasteiger partial charge in [0.25, 0.3) is 11.8 Å². The van der Waals surface area contributed by atoms with Gasteiger partial charge in [-0.3, -0.25) is 19.3 Å². The number of nitrogens with zero attached hydrogens (tertiary/aromatic N) is 3. The van der Waals surface area contributed by atoms with Gasteiger partial charge >= 0.3 is 11.9 Å². The lowest BCUT2D eigenvalue weighted by molar-refractivity contribution is -0.150. The molecule has 14 heteroatoms. The predicted molar refractivity (Wildman–Crippen MR) is 115 cm³/mol. The number of fused-ring (bicyclic) bond motifs is 1. The smallest absolute Gasteiger partial charge is 0.352 e. The van der Waals surface area contributed by atoms with E-state index in [1.807, 2.05) is 0 Å². The number of carbonyl (C=O) groups is 4. The lowest BCUT2D eigenvalue weighted by Crippen LogP contribution is -2.70. The molecule has 0 spiro atoms. The maximum absolute atomic E-state index is 12.5. The minimum atomic E-state index is -1.32. The molecule has 0 saturated carbocycles. The quantitative estimate of drug-likeness (QED) is 0.146. The fourth-order valence-electron chi connectivity index (χ4n) is 2.97. The standard InChI is InChI=1S/C18H19N5O7S2/c1-3-11(10-7-32-18(19)21-10)30-20-4-12(25)22-13-15(26)23-14(17(27)28)9(5-29-8(2)24)6-31-16(13)23/h3-4,7,11,13,16H,1,5-6H2,2H3,(H2,19,21)(H,22,25)(H,27,28)/b20-4-. The van der Waals surface area contributed by atoms with Crippen LogP contribution in [0, 0.1) is 0 Å². The zero-order valence-electron chi connectivity index (χ0n) is 16.7. The van der Waals surface area contributed by atoms with Gasteiger partial charge in [-0.2, -0.15) is 0 Å². The van der Waals surface area contributed by atoms with E-state index >= 15 is 0 Å². The highest BCUT2D eigenvalue weighted by atomic mass is 32.2. The molecule has 2 amide bonds. The van der Waals surface area contributed by atoms with Crippen molar-refractivity contribution in [1.82, 2.24) is 15.2 Å². The van der Waals surface area contributed by atoms with Crippen LogP contribution in [-0.4, -0.2) is 68.7 Å². The van der Waals surface area contributed by atoms with Crippen molar-refractivity contribution in [3.8, 4) is 0 Å². The number of carboxylic acids is 1. The molecule has 3 heterocycles. The van der Waals surface area contributed by atoms with Crippen LogP contribution in [0.4, 0.5) is 5.13 Å². The highest BCUT2D eigenvalue weighted by Crippen LogP contribution is 2.40. The maximum atomic E-state index is 12.5. The summed E-state index contributed by atoms with van der Waals surface area (Å²) < 4.78 is 4.87. The fourth-order valence-corrected chi connectivity index (χ4v) is 4.88. The van der Waals surface area contributed by atoms with E-state index in [9.17, 15) is 24.3 Å². The van der Waals surface area contributed by atoms with Crippen LogP contribution in [0.5, 0.6) is 0 Å². The van der Waals surface area contributed by atoms with Gasteiger partial charge in [0.2, 0.25) is 0 Å². The Balaban J connectivity index is 1.60. The van der Waals surface area contributed by atoms with Crippen molar-refractivity contribution in [2.75, 3.05) is 18.1 Å². The lowest BCUT2D eigenvalue weighted by atomic mass is 10.0. The number of thioether (sulfide) groups is 1. The SMILES string of the molecule is C=CC(O/N=C\C(=O)NC1C(=O)N2C(C(=O)O)=C(COC(C)=O)CSC12)c1csc(N)n1. The Bertz CT molecular complexity index is 1020. The first-order valence-electron chi connectivity index (χ1n) is 9.09. The van der Waals surface area contributed by atoms with Crippen LogP contribution in [0.2, 0.25) is 0 Å². The molecule has 3 unspecified atom stereocenters. The van der Waals surface area contributed by atoms with Gasteiger partial charge in [0.15, 0.2) is 11.2 Å². The minimum Gasteiger partial charge on any atom is -0.477 e. The molecule has 170 valence electrons. The summed E-state index contributed by atoms with van der Waals surface area (Å²) in [5.41, 5.74) is 6.13. The van der Waals surface area contributed by atoms with E-state index in [1.54, 1.807) is 5.38 Å². The number of aliphatic carboxylic acids is 1. The summed E-state index contributed by atoms with van der Waals surface area (Å²) in [6.07, 6.45) is 1.58. The number of rotatable bonds is 9. The highest BCUT2D eigenvalue weighted by molar-refractivity contribution is 8.00. The Morgan fingerprint density at radius 2 is 2.28 bits per heavy atom. The Morgan fingerprint density at radius 3 is 2.88 bits per heavy atom. The van der Waals surface area contributed by atoms with Crippen LogP contribution in [0.25, 0.3) is 0 Å². The van der Waals surface area contributed by atoms with Crippen molar-refractivity contribution in [3.05, 3.63) is 35.0 Å². The van der Waals surface area contributed by atoms with Crippen LogP contribution in [-0.2, 0) is 28.8 Å². The molecule has 3 atom stereocenters. The van der Waals surface area contributed by atoms with E-state index in [2.05, 4.69) is 22.0 Å². The lowest BCUT2D eigenvalue weighted by Gasteiger charge is -2.49. The number of amides is 2. The first-order valence-corrected chi connectivity index (χ1v) is 11.0. The number of oxime groups is 1. The minimum absolute atomic E-state index is 0.226. The monoisotopic (exact) mass is 481 g/mol. The van der Waals surface area contributed by atoms with Crippen LogP contribution < -0.4 is 11.1 Å². The van der Waals surface area contributed by atoms with E-state index in [4.69, 9.17) is 15.3 Å². The van der Waals surface area contributed by atoms with Gasteiger partial charge in [-0.05, 0) is 6.08 Å². The molecule has 0 aliphatic carbocycles. The number of nitrogens with one attached hydrogen (secondary N) is 1. The van der Waals surface area contributed by atoms with E-state index in [0.29, 0.717) is 16.4 Å². The molecule has 0 radical (unpaired) electrons. The van der Waals surface area contributed by atoms with Crippen LogP contribution in [0.15, 0.2) is 34.5 Å². The second-order valence-corrected chi connectivity index (χ2v) is 8.54. The van der Waals surface area contributed by atoms with Crippen molar-refractivity contribution in [1.29, 1.82) is 0 Å². The first kappa shape index (κ1) is 23.3. The molecule has 2 aliphatic rings. The molecule has 2 aliphatic heterocycles. The van der Waals surface area contributed by atoms with Crippen molar-refractivity contribution in [3.63, 3.8) is 0 Å². The third-order valence-electron chi connectivity index (χ3n) is 4.39. The highest BCUT2D eigenvalue weighted by Gasteiger charge is 2.54. The van der Waals surface area contributed by atoms with Crippen LogP contribution >= 0.6 is 23.1 Å². The predicted octanol–water partition coefficient (Wildman–Crippen LogP) is 0.257. The summed E-state index contributed by atoms with van der Waals surface area (Å²) >= 11 is 2.47. The van der Waals surface area contributed by atoms with E-state index < -0.39 is 41.3 Å². The number of nitrogen functional groups attached to an aromatic ring is 1. The zero-order chi connectivity index (χ0) is 23.4. The number of β-lactam (4-membered cyclic amide) rings is 1. The van der Waals surface area contributed by atoms with Gasteiger partial charge < -0.3 is 25.7 Å². The number of ether oxygens (including phenoxy) is 1. The van der Waals surface area contributed by atoms with Gasteiger partial charge in [0.05, 0.1) is 0 Å². The number of carboxylic acid groups (broad SMARTS) is 1. The van der Waals surface area contributed by atoms with E-state index in [-0.39, 0.29) is 18.1 Å². The van der Waals surface area contributed by atoms with E-state index in [1.165, 1.54) is 36.1 Å². The van der Waals surface area contributed by atoms with Gasteiger partial charge in [-0.15, -0.1) is 23.1 Å². The third-order valence-corrected chi connectivity index (χ3v) is 6.42. The van der Waals surface area contributed by atoms with Crippen molar-refractivity contribution in [2.45, 2.75) is 24.4 Å². The number of aromatic nitrogens is 1. The molecular weight excluding hydrogens is 462 g/mol. The zero-order valence-corrected chi connectivity index (χ0v) is 18.4. The largest absolute Gasteiger partial charge is 0.477 e. The Kier molecular flexibility index (Phi) is 7.15. The molecule has 1 aromatic heterocycles. The third kappa shape index (κ3) is 4.91. The summed E-state index contributed by atoms with van der Waals surface area (Å²) in [6.45, 7) is 4.59. The average molecular weight is 482 g/mol. The van der Waals surface area contributed by atoms with Crippen molar-refractivity contribution >= 4 is 58.2 Å². The van der Waals surface area contributed by atoms with Gasteiger partial charge in [0, 0.05) is 23.6 Å². The van der Waals surface area contributed by atoms with Crippen molar-refractivity contribution < 1.29 is 33.9 Å². The number of esters is 1. The summed E-state index contributed by atoms with van der Waals surface area (Å²) in [6, 6.07) is -0.933. The topological polar surface area (TPSA) is 174 Å². The molecule has 0 bridgehead atoms. The molecule has 4 N–H and O–H groups in total. The van der Waals surface area contributed by atoms with Crippen molar-refractivity contribution in [2.24, 2.45) is 5.16 Å². The number of hydrogen-bond acceptors (Lipinski definition) is 11. The number of hydrogen-bond donors (Lipinski definition) is 3. The molecule has 1 aromatic rings. The summed E-state index contributed by atoms with van der Waals surface area (Å²) in [7, 11) is 0. The molecule has 3 rings (SSSR count). The van der Waals surface area contributed by atoms with Crippen LogP contribution in [0.3, 0.4) is 0 Å². The number of carbonyl (C=O) groups excluding carboxylic acids is 3. The molecule has 12 nitrogen and oxygen atoms in total. The number of thiazole rings is 1. The molecular formula is C18H19N5O7S2. The summed E-state index contributed by atoms with van der Waals surface area (Å²) in [5, 5.41) is 17.0. The van der Waals surface area contributed by atoms with Gasteiger partial charge in [0.1, 0.15) is 35.6 Å². The normalized spacial score (nSPS) is 20.9. The molecule has 0 aromatic carbocycles. The second-order valence-electron chi connectivity index (χ2n) is 6.54. The fraction of sp³-hybridized carbons (Fsp3) is 0.333. The second kappa shape index (κ2) is 9.82. The van der Waals surface area contributed by atoms with Gasteiger partial charge in [-0.1, -0.05) is 11.7 Å². The average Bonchev–Trinajstić information content (AvgIpc) is 3.18. The Morgan fingerprint density at radius 1 is 1.53 bits per heavy atom. The van der Waals surface area contributed by atoms with Crippen LogP contribution in [0.1, 0.15) is 18.7 Å². The van der Waals surface area contributed by atoms with E-state index in [0.717, 1.165) is 11.1 Å². The Labute approximate surface area is 190 Å². The first-order chi connectivity index (χ1) is 15.2. The molecule has 1 fully saturated rings. The summed E-state index contributed by atoms with van der Waals surface area (Å²) in [4.78, 5) is 57.7. The number of nitrogens with two attached hydrogens (primary N) is 1. The maximum Gasteiger partial charge on any atom is 0.352 e. The molecule has 32 heavy (non-hydrogen) atoms. The molecule has 1 saturated heterocycles.